The Morgan fingerprint density at radius 2 is 1.87 bits per heavy atom. The summed E-state index contributed by atoms with van der Waals surface area (Å²) in [4.78, 5) is 37.8. The van der Waals surface area contributed by atoms with E-state index in [2.05, 4.69) is 10.7 Å². The minimum Gasteiger partial charge on any atom is -0.489 e. The quantitative estimate of drug-likeness (QED) is 0.743. The fraction of sp³-hybridized carbons (Fsp3) is 0.348. The third-order valence-corrected chi connectivity index (χ3v) is 5.67. The van der Waals surface area contributed by atoms with Gasteiger partial charge in [-0.05, 0) is 43.5 Å². The zero-order valence-corrected chi connectivity index (χ0v) is 16.9. The van der Waals surface area contributed by atoms with Crippen molar-refractivity contribution >= 4 is 17.8 Å². The molecule has 156 valence electrons. The summed E-state index contributed by atoms with van der Waals surface area (Å²) >= 11 is 0. The highest BCUT2D eigenvalue weighted by Gasteiger charge is 2.52. The molecule has 2 N–H and O–H groups in total. The van der Waals surface area contributed by atoms with Gasteiger partial charge in [0.25, 0.3) is 11.8 Å². The minimum absolute atomic E-state index is 0.307. The van der Waals surface area contributed by atoms with Crippen LogP contribution in [-0.4, -0.2) is 28.4 Å². The van der Waals surface area contributed by atoms with Crippen LogP contribution in [0.3, 0.4) is 0 Å². The SMILES string of the molecule is Cc1cccc(COc2cccc(C(=O)NN3C(=O)NC4(CCCCC4)C3=O)c2)c1. The van der Waals surface area contributed by atoms with Crippen molar-refractivity contribution in [1.29, 1.82) is 0 Å². The Bertz CT molecular complexity index is 982. The van der Waals surface area contributed by atoms with Crippen LogP contribution in [0.5, 0.6) is 5.75 Å². The molecule has 2 fully saturated rings. The Labute approximate surface area is 175 Å². The number of imide groups is 1. The second kappa shape index (κ2) is 8.18. The normalized spacial score (nSPS) is 17.7. The number of carbonyl (C=O) groups is 3. The summed E-state index contributed by atoms with van der Waals surface area (Å²) in [6.45, 7) is 2.39. The Balaban J connectivity index is 1.42. The van der Waals surface area contributed by atoms with Crippen molar-refractivity contribution in [2.45, 2.75) is 51.2 Å². The molecule has 0 bridgehead atoms. The molecule has 4 amide bonds. The van der Waals surface area contributed by atoms with Gasteiger partial charge < -0.3 is 10.1 Å². The second-order valence-corrected chi connectivity index (χ2v) is 7.96. The van der Waals surface area contributed by atoms with Gasteiger partial charge in [0.15, 0.2) is 0 Å². The maximum Gasteiger partial charge on any atom is 0.344 e. The van der Waals surface area contributed by atoms with E-state index in [-0.39, 0.29) is 5.91 Å². The third kappa shape index (κ3) is 4.01. The van der Waals surface area contributed by atoms with Gasteiger partial charge in [-0.3, -0.25) is 15.0 Å². The number of aryl methyl sites for hydroxylation is 1. The maximum atomic E-state index is 12.8. The van der Waals surface area contributed by atoms with E-state index in [1.807, 2.05) is 31.2 Å². The first-order valence-electron chi connectivity index (χ1n) is 10.2. The van der Waals surface area contributed by atoms with Crippen LogP contribution in [-0.2, 0) is 11.4 Å². The van der Waals surface area contributed by atoms with E-state index >= 15 is 0 Å². The summed E-state index contributed by atoms with van der Waals surface area (Å²) in [6.07, 6.45) is 4.02. The van der Waals surface area contributed by atoms with Crippen LogP contribution in [0.4, 0.5) is 4.79 Å². The molecule has 2 aliphatic rings. The zero-order valence-electron chi connectivity index (χ0n) is 16.9. The van der Waals surface area contributed by atoms with Gasteiger partial charge in [0, 0.05) is 5.56 Å². The number of carbonyl (C=O) groups excluding carboxylic acids is 3. The van der Waals surface area contributed by atoms with Gasteiger partial charge in [-0.2, -0.15) is 5.01 Å². The topological polar surface area (TPSA) is 87.7 Å². The Morgan fingerprint density at radius 1 is 1.10 bits per heavy atom. The van der Waals surface area contributed by atoms with Gasteiger partial charge in [0.2, 0.25) is 0 Å². The summed E-state index contributed by atoms with van der Waals surface area (Å²) < 4.78 is 5.80. The number of hydrazine groups is 1. The predicted molar refractivity (Wildman–Crippen MR) is 111 cm³/mol. The lowest BCUT2D eigenvalue weighted by molar-refractivity contribution is -0.134. The Morgan fingerprint density at radius 3 is 2.63 bits per heavy atom. The molecule has 0 atom stereocenters. The number of benzene rings is 2. The Kier molecular flexibility index (Phi) is 5.44. The highest BCUT2D eigenvalue weighted by molar-refractivity contribution is 6.09. The van der Waals surface area contributed by atoms with Crippen molar-refractivity contribution in [1.82, 2.24) is 15.8 Å². The van der Waals surface area contributed by atoms with Crippen LogP contribution in [0.1, 0.15) is 53.6 Å². The van der Waals surface area contributed by atoms with Crippen molar-refractivity contribution in [2.24, 2.45) is 0 Å². The molecule has 0 aromatic heterocycles. The number of ether oxygens (including phenoxy) is 1. The van der Waals surface area contributed by atoms with Crippen molar-refractivity contribution in [3.63, 3.8) is 0 Å². The summed E-state index contributed by atoms with van der Waals surface area (Å²) in [7, 11) is 0. The molecule has 1 heterocycles. The van der Waals surface area contributed by atoms with Crippen molar-refractivity contribution in [2.75, 3.05) is 0 Å². The van der Waals surface area contributed by atoms with Crippen LogP contribution in [0.15, 0.2) is 48.5 Å². The molecular weight excluding hydrogens is 382 g/mol. The highest BCUT2D eigenvalue weighted by atomic mass is 16.5. The first-order chi connectivity index (χ1) is 14.5. The number of rotatable bonds is 5. The fourth-order valence-electron chi connectivity index (χ4n) is 4.08. The summed E-state index contributed by atoms with van der Waals surface area (Å²) in [6, 6.07) is 14.1. The van der Waals surface area contributed by atoms with Gasteiger partial charge in [-0.15, -0.1) is 0 Å². The van der Waals surface area contributed by atoms with Gasteiger partial charge in [-0.25, -0.2) is 4.79 Å². The van der Waals surface area contributed by atoms with Crippen molar-refractivity contribution in [3.8, 4) is 5.75 Å². The molecule has 7 nitrogen and oxygen atoms in total. The summed E-state index contributed by atoms with van der Waals surface area (Å²) in [5, 5.41) is 3.59. The standard InChI is InChI=1S/C23H25N3O4/c1-16-7-5-8-17(13-16)15-30-19-10-6-9-18(14-19)20(27)25-26-21(28)23(24-22(26)29)11-3-2-4-12-23/h5-10,13-14H,2-4,11-12,15H2,1H3,(H,24,29)(H,25,27). The smallest absolute Gasteiger partial charge is 0.344 e. The molecule has 2 aromatic rings. The van der Waals surface area contributed by atoms with E-state index < -0.39 is 17.5 Å². The molecule has 7 heteroatoms. The third-order valence-electron chi connectivity index (χ3n) is 5.67. The predicted octanol–water partition coefficient (Wildman–Crippen LogP) is 3.47. The van der Waals surface area contributed by atoms with Gasteiger partial charge in [0.05, 0.1) is 0 Å². The van der Waals surface area contributed by atoms with Gasteiger partial charge >= 0.3 is 6.03 Å². The summed E-state index contributed by atoms with van der Waals surface area (Å²) in [5.74, 6) is -0.384. The molecule has 0 unspecified atom stereocenters. The molecule has 1 saturated carbocycles. The minimum atomic E-state index is -0.874. The molecule has 2 aromatic carbocycles. The lowest BCUT2D eigenvalue weighted by atomic mass is 9.82. The molecule has 1 spiro atoms. The van der Waals surface area contributed by atoms with Crippen LogP contribution < -0.4 is 15.5 Å². The lowest BCUT2D eigenvalue weighted by Gasteiger charge is -2.30. The monoisotopic (exact) mass is 407 g/mol. The maximum absolute atomic E-state index is 12.8. The first kappa shape index (κ1) is 19.9. The first-order valence-corrected chi connectivity index (χ1v) is 10.2. The highest BCUT2D eigenvalue weighted by Crippen LogP contribution is 2.33. The van der Waals surface area contributed by atoms with Crippen LogP contribution >= 0.6 is 0 Å². The van der Waals surface area contributed by atoms with Crippen LogP contribution in [0.25, 0.3) is 0 Å². The molecule has 1 saturated heterocycles. The van der Waals surface area contributed by atoms with E-state index in [1.165, 1.54) is 0 Å². The van der Waals surface area contributed by atoms with Crippen molar-refractivity contribution in [3.05, 3.63) is 65.2 Å². The number of nitrogens with one attached hydrogen (secondary N) is 2. The molecule has 0 radical (unpaired) electrons. The van der Waals surface area contributed by atoms with Crippen molar-refractivity contribution < 1.29 is 19.1 Å². The number of hydrogen-bond acceptors (Lipinski definition) is 4. The van der Waals surface area contributed by atoms with E-state index in [1.54, 1.807) is 24.3 Å². The average molecular weight is 407 g/mol. The van der Waals surface area contributed by atoms with E-state index in [9.17, 15) is 14.4 Å². The van der Waals surface area contributed by atoms with E-state index in [4.69, 9.17) is 4.74 Å². The van der Waals surface area contributed by atoms with Crippen LogP contribution in [0, 0.1) is 6.92 Å². The molecule has 30 heavy (non-hydrogen) atoms. The fourth-order valence-corrected chi connectivity index (χ4v) is 4.08. The number of hydrogen-bond donors (Lipinski definition) is 2. The van der Waals surface area contributed by atoms with E-state index in [0.29, 0.717) is 30.8 Å². The molecule has 4 rings (SSSR count). The number of nitrogens with zero attached hydrogens (tertiary/aromatic N) is 1. The number of amides is 4. The van der Waals surface area contributed by atoms with E-state index in [0.717, 1.165) is 35.4 Å². The zero-order chi connectivity index (χ0) is 21.1. The second-order valence-electron chi connectivity index (χ2n) is 7.96. The number of urea groups is 1. The summed E-state index contributed by atoms with van der Waals surface area (Å²) in [5.41, 5.74) is 4.06. The van der Waals surface area contributed by atoms with Gasteiger partial charge in [0.1, 0.15) is 17.9 Å². The largest absolute Gasteiger partial charge is 0.489 e. The molecule has 1 aliphatic carbocycles. The molecular formula is C23H25N3O4. The van der Waals surface area contributed by atoms with Crippen LogP contribution in [0.2, 0.25) is 0 Å². The van der Waals surface area contributed by atoms with Gasteiger partial charge in [-0.1, -0.05) is 55.2 Å². The molecule has 1 aliphatic heterocycles. The lowest BCUT2D eigenvalue weighted by Crippen LogP contribution is -2.50. The Hall–Kier alpha value is -3.35. The average Bonchev–Trinajstić information content (AvgIpc) is 2.97.